The lowest BCUT2D eigenvalue weighted by Gasteiger charge is -2.32. The molecule has 0 saturated heterocycles. The lowest BCUT2D eigenvalue weighted by atomic mass is 9.86. The molecule has 1 N–H and O–H groups in total. The third-order valence-electron chi connectivity index (χ3n) is 6.62. The number of hydrogen-bond acceptors (Lipinski definition) is 2. The molecule has 0 bridgehead atoms. The SMILES string of the molecule is CCCNC(=O)[C@H](Cc1ccccc1)N(Cc1ccc(Cl)cc1Cl)C(=O)CCc1ccc(C(C)(C)C)cc1. The van der Waals surface area contributed by atoms with Gasteiger partial charge in [0.15, 0.2) is 0 Å². The Morgan fingerprint density at radius 1 is 0.921 bits per heavy atom. The first-order valence-corrected chi connectivity index (χ1v) is 14.0. The van der Waals surface area contributed by atoms with Gasteiger partial charge in [-0.15, -0.1) is 0 Å². The van der Waals surface area contributed by atoms with Crippen molar-refractivity contribution in [3.63, 3.8) is 0 Å². The summed E-state index contributed by atoms with van der Waals surface area (Å²) in [4.78, 5) is 28.9. The number of benzene rings is 3. The van der Waals surface area contributed by atoms with Crippen LogP contribution in [0.25, 0.3) is 0 Å². The third kappa shape index (κ3) is 8.61. The van der Waals surface area contributed by atoms with Crippen LogP contribution >= 0.6 is 23.2 Å². The Hall–Kier alpha value is -2.82. The summed E-state index contributed by atoms with van der Waals surface area (Å²) in [6.07, 6.45) is 2.09. The number of carbonyl (C=O) groups is 2. The molecule has 0 radical (unpaired) electrons. The number of amides is 2. The first kappa shape index (κ1) is 29.7. The Morgan fingerprint density at radius 2 is 1.61 bits per heavy atom. The van der Waals surface area contributed by atoms with Gasteiger partial charge in [0.05, 0.1) is 0 Å². The van der Waals surface area contributed by atoms with Crippen molar-refractivity contribution < 1.29 is 9.59 Å². The van der Waals surface area contributed by atoms with Crippen LogP contribution in [0.4, 0.5) is 0 Å². The smallest absolute Gasteiger partial charge is 0.243 e. The van der Waals surface area contributed by atoms with Gasteiger partial charge in [0.25, 0.3) is 0 Å². The molecule has 0 spiro atoms. The van der Waals surface area contributed by atoms with E-state index < -0.39 is 6.04 Å². The van der Waals surface area contributed by atoms with Crippen LogP contribution in [0.5, 0.6) is 0 Å². The number of rotatable bonds is 11. The lowest BCUT2D eigenvalue weighted by molar-refractivity contribution is -0.141. The van der Waals surface area contributed by atoms with Crippen molar-refractivity contribution >= 4 is 35.0 Å². The second kappa shape index (κ2) is 13.8. The number of hydrogen-bond donors (Lipinski definition) is 1. The van der Waals surface area contributed by atoms with Gasteiger partial charge >= 0.3 is 0 Å². The Labute approximate surface area is 237 Å². The summed E-state index contributed by atoms with van der Waals surface area (Å²) in [7, 11) is 0. The van der Waals surface area contributed by atoms with Gasteiger partial charge in [0.1, 0.15) is 6.04 Å². The molecule has 202 valence electrons. The van der Waals surface area contributed by atoms with Gasteiger partial charge in [-0.3, -0.25) is 9.59 Å². The normalized spacial score (nSPS) is 12.2. The molecule has 6 heteroatoms. The van der Waals surface area contributed by atoms with Crippen molar-refractivity contribution in [1.29, 1.82) is 0 Å². The van der Waals surface area contributed by atoms with E-state index in [-0.39, 0.29) is 30.2 Å². The third-order valence-corrected chi connectivity index (χ3v) is 7.21. The molecular weight excluding hydrogens is 515 g/mol. The first-order valence-electron chi connectivity index (χ1n) is 13.2. The van der Waals surface area contributed by atoms with Crippen LogP contribution in [0.3, 0.4) is 0 Å². The molecule has 0 unspecified atom stereocenters. The summed E-state index contributed by atoms with van der Waals surface area (Å²) in [5.41, 5.74) is 4.15. The van der Waals surface area contributed by atoms with E-state index >= 15 is 0 Å². The molecule has 0 aliphatic carbocycles. The molecule has 0 aliphatic heterocycles. The number of nitrogens with one attached hydrogen (secondary N) is 1. The number of nitrogens with zero attached hydrogens (tertiary/aromatic N) is 1. The Balaban J connectivity index is 1.89. The summed E-state index contributed by atoms with van der Waals surface area (Å²) in [5, 5.41) is 4.00. The molecule has 0 aromatic heterocycles. The Bertz CT molecular complexity index is 1200. The molecule has 0 heterocycles. The predicted molar refractivity (Wildman–Crippen MR) is 158 cm³/mol. The molecule has 0 fully saturated rings. The fourth-order valence-corrected chi connectivity index (χ4v) is 4.79. The zero-order valence-electron chi connectivity index (χ0n) is 22.8. The average molecular weight is 554 g/mol. The summed E-state index contributed by atoms with van der Waals surface area (Å²) >= 11 is 12.6. The highest BCUT2D eigenvalue weighted by molar-refractivity contribution is 6.35. The van der Waals surface area contributed by atoms with Gasteiger partial charge in [-0.2, -0.15) is 0 Å². The zero-order chi connectivity index (χ0) is 27.7. The van der Waals surface area contributed by atoms with Gasteiger partial charge in [-0.05, 0) is 52.6 Å². The lowest BCUT2D eigenvalue weighted by Crippen LogP contribution is -2.50. The second-order valence-electron chi connectivity index (χ2n) is 10.7. The van der Waals surface area contributed by atoms with E-state index in [9.17, 15) is 9.59 Å². The molecule has 3 rings (SSSR count). The zero-order valence-corrected chi connectivity index (χ0v) is 24.3. The minimum absolute atomic E-state index is 0.0690. The van der Waals surface area contributed by atoms with Crippen LogP contribution in [0, 0.1) is 0 Å². The van der Waals surface area contributed by atoms with E-state index in [0.717, 1.165) is 23.1 Å². The predicted octanol–water partition coefficient (Wildman–Crippen LogP) is 7.39. The summed E-state index contributed by atoms with van der Waals surface area (Å²) in [6, 6.07) is 22.8. The van der Waals surface area contributed by atoms with E-state index in [1.165, 1.54) is 5.56 Å². The molecule has 0 aliphatic rings. The quantitative estimate of drug-likeness (QED) is 0.269. The average Bonchev–Trinajstić information content (AvgIpc) is 2.89. The van der Waals surface area contributed by atoms with E-state index in [0.29, 0.717) is 29.4 Å². The van der Waals surface area contributed by atoms with Crippen molar-refractivity contribution in [3.05, 3.63) is 105 Å². The Morgan fingerprint density at radius 3 is 2.21 bits per heavy atom. The minimum atomic E-state index is -0.675. The van der Waals surface area contributed by atoms with Crippen LogP contribution in [0.1, 0.15) is 62.8 Å². The van der Waals surface area contributed by atoms with Crippen LogP contribution < -0.4 is 5.32 Å². The van der Waals surface area contributed by atoms with Crippen LogP contribution in [-0.2, 0) is 34.4 Å². The topological polar surface area (TPSA) is 49.4 Å². The van der Waals surface area contributed by atoms with Crippen LogP contribution in [0.2, 0.25) is 10.0 Å². The maximum atomic E-state index is 13.8. The van der Waals surface area contributed by atoms with Crippen molar-refractivity contribution in [1.82, 2.24) is 10.2 Å². The first-order chi connectivity index (χ1) is 18.1. The summed E-state index contributed by atoms with van der Waals surface area (Å²) < 4.78 is 0. The van der Waals surface area contributed by atoms with E-state index in [2.05, 4.69) is 50.4 Å². The summed E-state index contributed by atoms with van der Waals surface area (Å²) in [5.74, 6) is -0.257. The molecular formula is C32H38Cl2N2O2. The van der Waals surface area contributed by atoms with Crippen molar-refractivity contribution in [2.45, 2.75) is 71.4 Å². The van der Waals surface area contributed by atoms with E-state index in [1.54, 1.807) is 17.0 Å². The van der Waals surface area contributed by atoms with Gasteiger partial charge in [0, 0.05) is 36.0 Å². The standard InChI is InChI=1S/C32H38Cl2N2O2/c1-5-19-35-31(38)29(20-24-9-7-6-8-10-24)36(22-25-14-17-27(33)21-28(25)34)30(37)18-13-23-11-15-26(16-12-23)32(2,3)4/h6-12,14-17,21,29H,5,13,18-20,22H2,1-4H3,(H,35,38)/t29-/m0/s1. The highest BCUT2D eigenvalue weighted by Gasteiger charge is 2.30. The second-order valence-corrected chi connectivity index (χ2v) is 11.5. The van der Waals surface area contributed by atoms with Crippen molar-refractivity contribution in [2.24, 2.45) is 0 Å². The number of aryl methyl sites for hydroxylation is 1. The molecule has 2 amide bonds. The number of halogens is 2. The highest BCUT2D eigenvalue weighted by Crippen LogP contribution is 2.25. The maximum Gasteiger partial charge on any atom is 0.243 e. The summed E-state index contributed by atoms with van der Waals surface area (Å²) in [6.45, 7) is 9.32. The van der Waals surface area contributed by atoms with Gasteiger partial charge < -0.3 is 10.2 Å². The fraction of sp³-hybridized carbons (Fsp3) is 0.375. The molecule has 4 nitrogen and oxygen atoms in total. The highest BCUT2D eigenvalue weighted by atomic mass is 35.5. The van der Waals surface area contributed by atoms with E-state index in [1.807, 2.05) is 43.3 Å². The largest absolute Gasteiger partial charge is 0.354 e. The Kier molecular flexibility index (Phi) is 10.8. The fourth-order valence-electron chi connectivity index (χ4n) is 4.32. The van der Waals surface area contributed by atoms with Gasteiger partial charge in [-0.25, -0.2) is 0 Å². The molecule has 0 saturated carbocycles. The van der Waals surface area contributed by atoms with Crippen molar-refractivity contribution in [2.75, 3.05) is 6.54 Å². The molecule has 3 aromatic carbocycles. The maximum absolute atomic E-state index is 13.8. The van der Waals surface area contributed by atoms with Gasteiger partial charge in [0.2, 0.25) is 11.8 Å². The monoisotopic (exact) mass is 552 g/mol. The van der Waals surface area contributed by atoms with Crippen LogP contribution in [0.15, 0.2) is 72.8 Å². The van der Waals surface area contributed by atoms with Crippen molar-refractivity contribution in [3.8, 4) is 0 Å². The molecule has 3 aromatic rings. The van der Waals surface area contributed by atoms with Gasteiger partial charge in [-0.1, -0.05) is 112 Å². The molecule has 38 heavy (non-hydrogen) atoms. The van der Waals surface area contributed by atoms with Crippen LogP contribution in [-0.4, -0.2) is 29.3 Å². The molecule has 1 atom stereocenters. The minimum Gasteiger partial charge on any atom is -0.354 e. The van der Waals surface area contributed by atoms with E-state index in [4.69, 9.17) is 23.2 Å². The number of carbonyl (C=O) groups excluding carboxylic acids is 2.